The third-order valence-corrected chi connectivity index (χ3v) is 3.27. The van der Waals surface area contributed by atoms with Gasteiger partial charge in [-0.3, -0.25) is 0 Å². The first-order valence-electron chi connectivity index (χ1n) is 5.39. The smallest absolute Gasteiger partial charge is 0.324 e. The average molecular weight is 302 g/mol. The van der Waals surface area contributed by atoms with E-state index in [9.17, 15) is 13.2 Å². The van der Waals surface area contributed by atoms with Crippen LogP contribution < -0.4 is 5.73 Å². The summed E-state index contributed by atoms with van der Waals surface area (Å²) in [5, 5.41) is -0.294. The Labute approximate surface area is 116 Å². The van der Waals surface area contributed by atoms with Crippen LogP contribution in [-0.4, -0.2) is 0 Å². The van der Waals surface area contributed by atoms with Crippen molar-refractivity contribution in [3.8, 4) is 0 Å². The van der Waals surface area contributed by atoms with Gasteiger partial charge in [-0.25, -0.2) is 0 Å². The lowest BCUT2D eigenvalue weighted by molar-refractivity contribution is -0.137. The molecule has 0 saturated heterocycles. The maximum absolute atomic E-state index is 12.6. The van der Waals surface area contributed by atoms with Gasteiger partial charge in [0.05, 0.1) is 10.6 Å². The molecule has 1 aromatic rings. The number of alkyl halides is 3. The molecular weight excluding hydrogens is 286 g/mol. The first-order valence-corrected chi connectivity index (χ1v) is 5.77. The number of hydrogen-bond acceptors (Lipinski definition) is 1. The molecule has 1 aromatic carbocycles. The summed E-state index contributed by atoms with van der Waals surface area (Å²) in [6.45, 7) is 3.86. The topological polar surface area (TPSA) is 26.0 Å². The van der Waals surface area contributed by atoms with Gasteiger partial charge in [0.15, 0.2) is 0 Å². The Morgan fingerprint density at radius 1 is 1.33 bits per heavy atom. The number of hydrogen-bond donors (Lipinski definition) is 1. The minimum Gasteiger partial charge on any atom is -0.324 e. The third kappa shape index (κ3) is 4.04. The van der Waals surface area contributed by atoms with Gasteiger partial charge < -0.3 is 5.73 Å². The second-order valence-electron chi connectivity index (χ2n) is 4.15. The van der Waals surface area contributed by atoms with Crippen LogP contribution in [0.2, 0.25) is 5.02 Å². The molecule has 2 atom stereocenters. The van der Waals surface area contributed by atoms with E-state index in [1.165, 1.54) is 6.07 Å². The zero-order chi connectivity index (χ0) is 13.2. The molecule has 0 spiro atoms. The molecule has 2 N–H and O–H groups in total. The minimum atomic E-state index is -4.44. The van der Waals surface area contributed by atoms with Crippen molar-refractivity contribution >= 4 is 24.0 Å². The van der Waals surface area contributed by atoms with Gasteiger partial charge in [0.2, 0.25) is 0 Å². The Bertz CT molecular complexity index is 393. The van der Waals surface area contributed by atoms with Crippen LogP contribution in [0.25, 0.3) is 0 Å². The SMILES string of the molecule is CCC(C)[C@@H](N)c1ccc(Cl)c(C(F)(F)F)c1.Cl. The highest BCUT2D eigenvalue weighted by molar-refractivity contribution is 6.31. The van der Waals surface area contributed by atoms with E-state index in [2.05, 4.69) is 0 Å². The van der Waals surface area contributed by atoms with E-state index in [4.69, 9.17) is 17.3 Å². The monoisotopic (exact) mass is 301 g/mol. The molecule has 1 unspecified atom stereocenters. The highest BCUT2D eigenvalue weighted by Crippen LogP contribution is 2.36. The van der Waals surface area contributed by atoms with E-state index in [1.54, 1.807) is 6.07 Å². The lowest BCUT2D eigenvalue weighted by Crippen LogP contribution is -2.19. The summed E-state index contributed by atoms with van der Waals surface area (Å²) >= 11 is 5.54. The zero-order valence-electron chi connectivity index (χ0n) is 10.1. The second-order valence-corrected chi connectivity index (χ2v) is 4.56. The quantitative estimate of drug-likeness (QED) is 0.850. The number of halogens is 5. The van der Waals surface area contributed by atoms with Crippen LogP contribution in [0.4, 0.5) is 13.2 Å². The van der Waals surface area contributed by atoms with Crippen molar-refractivity contribution in [2.75, 3.05) is 0 Å². The largest absolute Gasteiger partial charge is 0.417 e. The van der Waals surface area contributed by atoms with Crippen molar-refractivity contribution in [1.82, 2.24) is 0 Å². The minimum absolute atomic E-state index is 0. The van der Waals surface area contributed by atoms with Crippen molar-refractivity contribution in [2.45, 2.75) is 32.5 Å². The molecule has 0 aliphatic rings. The maximum atomic E-state index is 12.6. The van der Waals surface area contributed by atoms with Crippen LogP contribution in [0, 0.1) is 5.92 Å². The van der Waals surface area contributed by atoms with Gasteiger partial charge >= 0.3 is 6.18 Å². The predicted molar refractivity (Wildman–Crippen MR) is 70.1 cm³/mol. The molecule has 0 saturated carbocycles. The lowest BCUT2D eigenvalue weighted by Gasteiger charge is -2.20. The Morgan fingerprint density at radius 2 is 1.89 bits per heavy atom. The zero-order valence-corrected chi connectivity index (χ0v) is 11.7. The standard InChI is InChI=1S/C12H15ClF3N.ClH/c1-3-7(2)11(17)8-4-5-10(13)9(6-8)12(14,15)16;/h4-7,11H,3,17H2,1-2H3;1H/t7?,11-;/m1./s1. The molecule has 1 nitrogen and oxygen atoms in total. The summed E-state index contributed by atoms with van der Waals surface area (Å²) in [5.74, 6) is 0.122. The molecule has 0 aromatic heterocycles. The maximum Gasteiger partial charge on any atom is 0.417 e. The summed E-state index contributed by atoms with van der Waals surface area (Å²) in [5.41, 5.74) is 5.55. The van der Waals surface area contributed by atoms with Crippen LogP contribution >= 0.6 is 24.0 Å². The molecule has 0 fully saturated rings. The molecule has 104 valence electrons. The summed E-state index contributed by atoms with van der Waals surface area (Å²) in [6, 6.07) is 3.44. The lowest BCUT2D eigenvalue weighted by atomic mass is 9.92. The molecule has 0 amide bonds. The molecular formula is C12H16Cl2F3N. The molecule has 0 heterocycles. The summed E-state index contributed by atoms with van der Waals surface area (Å²) in [6.07, 6.45) is -3.63. The van der Waals surface area contributed by atoms with E-state index < -0.39 is 17.8 Å². The molecule has 6 heteroatoms. The molecule has 18 heavy (non-hydrogen) atoms. The van der Waals surface area contributed by atoms with E-state index in [-0.39, 0.29) is 23.3 Å². The Kier molecular flexibility index (Phi) is 6.47. The van der Waals surface area contributed by atoms with E-state index in [0.717, 1.165) is 12.5 Å². The van der Waals surface area contributed by atoms with E-state index in [0.29, 0.717) is 5.56 Å². The van der Waals surface area contributed by atoms with Crippen molar-refractivity contribution in [3.63, 3.8) is 0 Å². The fraction of sp³-hybridized carbons (Fsp3) is 0.500. The van der Waals surface area contributed by atoms with Crippen LogP contribution in [0.3, 0.4) is 0 Å². The summed E-state index contributed by atoms with van der Waals surface area (Å²) in [7, 11) is 0. The Hall–Kier alpha value is -0.450. The van der Waals surface area contributed by atoms with Gasteiger partial charge in [-0.15, -0.1) is 12.4 Å². The van der Waals surface area contributed by atoms with Crippen LogP contribution in [0.1, 0.15) is 37.4 Å². The van der Waals surface area contributed by atoms with Crippen molar-refractivity contribution < 1.29 is 13.2 Å². The summed E-state index contributed by atoms with van der Waals surface area (Å²) in [4.78, 5) is 0. The molecule has 0 aliphatic carbocycles. The predicted octanol–water partition coefficient (Wildman–Crippen LogP) is 4.83. The Balaban J connectivity index is 0.00000289. The average Bonchev–Trinajstić information content (AvgIpc) is 2.26. The van der Waals surface area contributed by atoms with Crippen LogP contribution in [0.5, 0.6) is 0 Å². The summed E-state index contributed by atoms with van der Waals surface area (Å²) < 4.78 is 37.9. The van der Waals surface area contributed by atoms with Gasteiger partial charge in [-0.05, 0) is 23.6 Å². The van der Waals surface area contributed by atoms with Crippen molar-refractivity contribution in [1.29, 1.82) is 0 Å². The highest BCUT2D eigenvalue weighted by Gasteiger charge is 2.33. The Morgan fingerprint density at radius 3 is 2.33 bits per heavy atom. The fourth-order valence-electron chi connectivity index (χ4n) is 1.55. The normalized spacial score (nSPS) is 14.8. The fourth-order valence-corrected chi connectivity index (χ4v) is 1.77. The molecule has 0 bridgehead atoms. The van der Waals surface area contributed by atoms with Gasteiger partial charge in [-0.1, -0.05) is 37.9 Å². The van der Waals surface area contributed by atoms with E-state index in [1.807, 2.05) is 13.8 Å². The van der Waals surface area contributed by atoms with Crippen molar-refractivity contribution in [3.05, 3.63) is 34.3 Å². The molecule has 1 rings (SSSR count). The van der Waals surface area contributed by atoms with Gasteiger partial charge in [0.25, 0.3) is 0 Å². The molecule has 0 aliphatic heterocycles. The van der Waals surface area contributed by atoms with Gasteiger partial charge in [0, 0.05) is 6.04 Å². The van der Waals surface area contributed by atoms with Gasteiger partial charge in [0.1, 0.15) is 0 Å². The van der Waals surface area contributed by atoms with Gasteiger partial charge in [-0.2, -0.15) is 13.2 Å². The van der Waals surface area contributed by atoms with Crippen LogP contribution in [-0.2, 0) is 6.18 Å². The molecule has 0 radical (unpaired) electrons. The van der Waals surface area contributed by atoms with Crippen molar-refractivity contribution in [2.24, 2.45) is 11.7 Å². The first-order chi connectivity index (χ1) is 7.77. The van der Waals surface area contributed by atoms with E-state index >= 15 is 0 Å². The number of rotatable bonds is 3. The number of benzene rings is 1. The first kappa shape index (κ1) is 17.6. The third-order valence-electron chi connectivity index (χ3n) is 2.94. The number of nitrogens with two attached hydrogens (primary N) is 1. The second kappa shape index (κ2) is 6.64. The highest BCUT2D eigenvalue weighted by atomic mass is 35.5. The van der Waals surface area contributed by atoms with Crippen LogP contribution in [0.15, 0.2) is 18.2 Å².